The van der Waals surface area contributed by atoms with Gasteiger partial charge >= 0.3 is 0 Å². The molecule has 8 heteroatoms. The number of hydrogen-bond acceptors (Lipinski definition) is 4. The molecule has 3 aromatic carbocycles. The summed E-state index contributed by atoms with van der Waals surface area (Å²) in [6.45, 7) is 4.35. The number of halogens is 2. The molecule has 0 heterocycles. The van der Waals surface area contributed by atoms with Gasteiger partial charge in [0.05, 0.1) is 7.11 Å². The van der Waals surface area contributed by atoms with E-state index in [0.29, 0.717) is 40.1 Å². The zero-order valence-corrected chi connectivity index (χ0v) is 22.8. The first-order valence-electron chi connectivity index (χ1n) is 12.1. The van der Waals surface area contributed by atoms with E-state index in [4.69, 9.17) is 32.7 Å². The van der Waals surface area contributed by atoms with Gasteiger partial charge in [-0.2, -0.15) is 0 Å². The van der Waals surface area contributed by atoms with E-state index in [0.717, 1.165) is 5.56 Å². The lowest BCUT2D eigenvalue weighted by atomic mass is 10.0. The van der Waals surface area contributed by atoms with Crippen LogP contribution in [0.15, 0.2) is 72.8 Å². The van der Waals surface area contributed by atoms with Crippen molar-refractivity contribution in [3.63, 3.8) is 0 Å². The fourth-order valence-corrected chi connectivity index (χ4v) is 4.24. The van der Waals surface area contributed by atoms with E-state index < -0.39 is 6.04 Å². The second-order valence-electron chi connectivity index (χ2n) is 9.04. The summed E-state index contributed by atoms with van der Waals surface area (Å²) in [5, 5.41) is 3.89. The summed E-state index contributed by atoms with van der Waals surface area (Å²) in [5.74, 6) is 0.598. The molecule has 3 aromatic rings. The number of nitrogens with one attached hydrogen (secondary N) is 1. The highest BCUT2D eigenvalue weighted by Crippen LogP contribution is 2.27. The maximum atomic E-state index is 13.7. The topological polar surface area (TPSA) is 67.9 Å². The van der Waals surface area contributed by atoms with Crippen LogP contribution >= 0.6 is 23.2 Å². The van der Waals surface area contributed by atoms with Crippen LogP contribution in [0.25, 0.3) is 0 Å². The number of carbonyl (C=O) groups is 2. The molecule has 37 heavy (non-hydrogen) atoms. The number of hydrogen-bond donors (Lipinski definition) is 1. The highest BCUT2D eigenvalue weighted by molar-refractivity contribution is 6.35. The average molecular weight is 543 g/mol. The molecule has 0 spiro atoms. The predicted molar refractivity (Wildman–Crippen MR) is 147 cm³/mol. The third-order valence-corrected chi connectivity index (χ3v) is 6.32. The van der Waals surface area contributed by atoms with Crippen molar-refractivity contribution in [3.8, 4) is 11.5 Å². The van der Waals surface area contributed by atoms with Crippen molar-refractivity contribution in [2.24, 2.45) is 5.92 Å². The minimum absolute atomic E-state index is 0.108. The number of carbonyl (C=O) groups excluding carboxylic acids is 2. The quantitative estimate of drug-likeness (QED) is 0.314. The Kier molecular flexibility index (Phi) is 10.7. The first-order valence-corrected chi connectivity index (χ1v) is 12.8. The van der Waals surface area contributed by atoms with E-state index in [1.54, 1.807) is 36.4 Å². The molecule has 0 aliphatic rings. The summed E-state index contributed by atoms with van der Waals surface area (Å²) in [7, 11) is 1.54. The molecule has 0 saturated carbocycles. The van der Waals surface area contributed by atoms with E-state index in [9.17, 15) is 9.59 Å². The zero-order valence-electron chi connectivity index (χ0n) is 21.2. The molecular weight excluding hydrogens is 511 g/mol. The van der Waals surface area contributed by atoms with Gasteiger partial charge in [-0.25, -0.2) is 0 Å². The standard InChI is InChI=1S/C29H32Cl2N2O4/c1-20(2)17-32-29(35)25(15-21-9-5-4-6-10-21)33(18-22-13-14-23(30)16-24(22)31)28(34)19-37-27-12-8-7-11-26(27)36-3/h4-14,16,20,25H,15,17-19H2,1-3H3,(H,32,35). The van der Waals surface area contributed by atoms with Crippen molar-refractivity contribution in [3.05, 3.63) is 94.0 Å². The molecule has 6 nitrogen and oxygen atoms in total. The maximum Gasteiger partial charge on any atom is 0.261 e. The molecule has 3 rings (SSSR count). The minimum Gasteiger partial charge on any atom is -0.493 e. The van der Waals surface area contributed by atoms with E-state index in [1.165, 1.54) is 12.0 Å². The Hall–Kier alpha value is -3.22. The molecule has 0 aromatic heterocycles. The highest BCUT2D eigenvalue weighted by atomic mass is 35.5. The number of methoxy groups -OCH3 is 1. The molecule has 0 fully saturated rings. The van der Waals surface area contributed by atoms with Crippen LogP contribution in [0.4, 0.5) is 0 Å². The van der Waals surface area contributed by atoms with Crippen molar-refractivity contribution in [2.45, 2.75) is 32.9 Å². The van der Waals surface area contributed by atoms with Gasteiger partial charge in [0.25, 0.3) is 5.91 Å². The molecule has 1 unspecified atom stereocenters. The summed E-state index contributed by atoms with van der Waals surface area (Å²) in [4.78, 5) is 28.7. The van der Waals surface area contributed by atoms with Crippen molar-refractivity contribution < 1.29 is 19.1 Å². The maximum absolute atomic E-state index is 13.7. The summed E-state index contributed by atoms with van der Waals surface area (Å²) < 4.78 is 11.2. The lowest BCUT2D eigenvalue weighted by Crippen LogP contribution is -2.52. The van der Waals surface area contributed by atoms with E-state index in [1.807, 2.05) is 50.2 Å². The minimum atomic E-state index is -0.790. The fraction of sp³-hybridized carbons (Fsp3) is 0.310. The van der Waals surface area contributed by atoms with Gasteiger partial charge in [0.2, 0.25) is 5.91 Å². The molecule has 1 atom stereocenters. The Bertz CT molecular complexity index is 1190. The van der Waals surface area contributed by atoms with Gasteiger partial charge in [-0.15, -0.1) is 0 Å². The van der Waals surface area contributed by atoms with Gasteiger partial charge in [-0.1, -0.05) is 85.6 Å². The third-order valence-electron chi connectivity index (χ3n) is 5.73. The zero-order chi connectivity index (χ0) is 26.8. The molecule has 0 aliphatic carbocycles. The van der Waals surface area contributed by atoms with Crippen LogP contribution in [-0.4, -0.2) is 43.0 Å². The van der Waals surface area contributed by atoms with Crippen molar-refractivity contribution >= 4 is 35.0 Å². The van der Waals surface area contributed by atoms with Crippen LogP contribution in [0.2, 0.25) is 10.0 Å². The van der Waals surface area contributed by atoms with Crippen LogP contribution in [0.3, 0.4) is 0 Å². The summed E-state index contributed by atoms with van der Waals surface area (Å²) in [6.07, 6.45) is 0.330. The lowest BCUT2D eigenvalue weighted by Gasteiger charge is -2.32. The van der Waals surface area contributed by atoms with E-state index in [-0.39, 0.29) is 30.9 Å². The van der Waals surface area contributed by atoms with Crippen molar-refractivity contribution in [1.82, 2.24) is 10.2 Å². The number of ether oxygens (including phenoxy) is 2. The van der Waals surface area contributed by atoms with Crippen LogP contribution in [-0.2, 0) is 22.6 Å². The SMILES string of the molecule is COc1ccccc1OCC(=O)N(Cc1ccc(Cl)cc1Cl)C(Cc1ccccc1)C(=O)NCC(C)C. The molecule has 196 valence electrons. The van der Waals surface area contributed by atoms with Gasteiger partial charge < -0.3 is 19.7 Å². The number of rotatable bonds is 12. The second-order valence-corrected chi connectivity index (χ2v) is 9.89. The number of para-hydroxylation sites is 2. The Balaban J connectivity index is 1.94. The summed E-state index contributed by atoms with van der Waals surface area (Å²) in [6, 6.07) is 21.0. The molecular formula is C29H32Cl2N2O4. The van der Waals surface area contributed by atoms with Gasteiger partial charge in [0, 0.05) is 29.6 Å². The van der Waals surface area contributed by atoms with Gasteiger partial charge in [-0.3, -0.25) is 9.59 Å². The van der Waals surface area contributed by atoms with Crippen LogP contribution in [0, 0.1) is 5.92 Å². The molecule has 1 N–H and O–H groups in total. The third kappa shape index (κ3) is 8.41. The fourth-order valence-electron chi connectivity index (χ4n) is 3.77. The lowest BCUT2D eigenvalue weighted by molar-refractivity contribution is -0.142. The van der Waals surface area contributed by atoms with Crippen molar-refractivity contribution in [1.29, 1.82) is 0 Å². The number of benzene rings is 3. The highest BCUT2D eigenvalue weighted by Gasteiger charge is 2.31. The molecule has 0 saturated heterocycles. The smallest absolute Gasteiger partial charge is 0.261 e. The normalized spacial score (nSPS) is 11.6. The molecule has 0 aliphatic heterocycles. The van der Waals surface area contributed by atoms with Crippen LogP contribution in [0.1, 0.15) is 25.0 Å². The predicted octanol–water partition coefficient (Wildman–Crippen LogP) is 5.79. The van der Waals surface area contributed by atoms with Gasteiger partial charge in [0.15, 0.2) is 18.1 Å². The Labute approximate surface area is 228 Å². The monoisotopic (exact) mass is 542 g/mol. The first kappa shape index (κ1) is 28.4. The van der Waals surface area contributed by atoms with E-state index >= 15 is 0 Å². The average Bonchev–Trinajstić information content (AvgIpc) is 2.89. The Morgan fingerprint density at radius 1 is 0.946 bits per heavy atom. The number of nitrogens with zero attached hydrogens (tertiary/aromatic N) is 1. The molecule has 2 amide bonds. The van der Waals surface area contributed by atoms with E-state index in [2.05, 4.69) is 5.32 Å². The molecule has 0 radical (unpaired) electrons. The Morgan fingerprint density at radius 2 is 1.62 bits per heavy atom. The Morgan fingerprint density at radius 3 is 2.27 bits per heavy atom. The summed E-state index contributed by atoms with van der Waals surface area (Å²) >= 11 is 12.6. The van der Waals surface area contributed by atoms with Gasteiger partial charge in [0.1, 0.15) is 6.04 Å². The van der Waals surface area contributed by atoms with Crippen LogP contribution < -0.4 is 14.8 Å². The van der Waals surface area contributed by atoms with Crippen molar-refractivity contribution in [2.75, 3.05) is 20.3 Å². The molecule has 0 bridgehead atoms. The first-order chi connectivity index (χ1) is 17.8. The second kappa shape index (κ2) is 13.9. The van der Waals surface area contributed by atoms with Gasteiger partial charge in [-0.05, 0) is 41.3 Å². The number of amides is 2. The summed E-state index contributed by atoms with van der Waals surface area (Å²) in [5.41, 5.74) is 1.60. The largest absolute Gasteiger partial charge is 0.493 e. The van der Waals surface area contributed by atoms with Crippen LogP contribution in [0.5, 0.6) is 11.5 Å².